The molecule has 1 aromatic heterocycles. The van der Waals surface area contributed by atoms with Gasteiger partial charge in [0.15, 0.2) is 5.82 Å². The van der Waals surface area contributed by atoms with Gasteiger partial charge >= 0.3 is 12.1 Å². The SMILES string of the molecule is O=C(Nc1cncc(F)c1C#CC1CNC2CCCS(=O)(=O)N1C2)C(F)(F)F. The van der Waals surface area contributed by atoms with Crippen LogP contribution in [0.3, 0.4) is 0 Å². The first-order chi connectivity index (χ1) is 13.1. The summed E-state index contributed by atoms with van der Waals surface area (Å²) in [5.41, 5.74) is -1.04. The molecule has 2 aliphatic heterocycles. The minimum atomic E-state index is -5.17. The molecule has 1 aromatic rings. The van der Waals surface area contributed by atoms with Gasteiger partial charge in [0.2, 0.25) is 10.0 Å². The molecular formula is C16H16F4N4O3S. The number of sulfonamides is 1. The molecule has 7 nitrogen and oxygen atoms in total. The quantitative estimate of drug-likeness (QED) is 0.519. The van der Waals surface area contributed by atoms with E-state index in [0.717, 1.165) is 12.4 Å². The average molecular weight is 420 g/mol. The van der Waals surface area contributed by atoms with Crippen molar-refractivity contribution >= 4 is 21.6 Å². The maximum Gasteiger partial charge on any atom is 0.471 e. The fraction of sp³-hybridized carbons (Fsp3) is 0.500. The summed E-state index contributed by atoms with van der Waals surface area (Å²) in [5, 5.41) is 4.70. The van der Waals surface area contributed by atoms with Crippen LogP contribution < -0.4 is 10.6 Å². The first-order valence-corrected chi connectivity index (χ1v) is 9.95. The van der Waals surface area contributed by atoms with Crippen LogP contribution in [0.1, 0.15) is 18.4 Å². The van der Waals surface area contributed by atoms with Gasteiger partial charge in [-0.05, 0) is 12.8 Å². The fourth-order valence-corrected chi connectivity index (χ4v) is 4.74. The Morgan fingerprint density at radius 3 is 2.82 bits per heavy atom. The highest BCUT2D eigenvalue weighted by atomic mass is 32.2. The number of hydrogen-bond donors (Lipinski definition) is 2. The topological polar surface area (TPSA) is 91.4 Å². The molecule has 12 heteroatoms. The maximum atomic E-state index is 14.1. The second-order valence-electron chi connectivity index (χ2n) is 6.41. The molecule has 0 radical (unpaired) electrons. The van der Waals surface area contributed by atoms with Gasteiger partial charge in [0.1, 0.15) is 0 Å². The summed E-state index contributed by atoms with van der Waals surface area (Å²) in [4.78, 5) is 14.6. The molecule has 3 rings (SSSR count). The van der Waals surface area contributed by atoms with E-state index in [1.54, 1.807) is 0 Å². The van der Waals surface area contributed by atoms with Crippen LogP contribution in [0.4, 0.5) is 23.2 Å². The molecule has 1 amide bonds. The third-order valence-corrected chi connectivity index (χ3v) is 6.35. The van der Waals surface area contributed by atoms with Crippen LogP contribution in [0.2, 0.25) is 0 Å². The van der Waals surface area contributed by atoms with Crippen LogP contribution in [-0.2, 0) is 14.8 Å². The lowest BCUT2D eigenvalue weighted by atomic mass is 10.1. The molecule has 28 heavy (non-hydrogen) atoms. The van der Waals surface area contributed by atoms with E-state index < -0.39 is 45.2 Å². The number of nitrogens with zero attached hydrogens (tertiary/aromatic N) is 2. The van der Waals surface area contributed by atoms with Crippen LogP contribution in [0.25, 0.3) is 0 Å². The van der Waals surface area contributed by atoms with E-state index in [1.807, 2.05) is 0 Å². The molecule has 3 unspecified atom stereocenters. The van der Waals surface area contributed by atoms with E-state index in [2.05, 4.69) is 22.1 Å². The third-order valence-electron chi connectivity index (χ3n) is 4.43. The monoisotopic (exact) mass is 420 g/mol. The van der Waals surface area contributed by atoms with Crippen LogP contribution in [0, 0.1) is 17.7 Å². The lowest BCUT2D eigenvalue weighted by molar-refractivity contribution is -0.167. The Bertz CT molecular complexity index is 939. The summed E-state index contributed by atoms with van der Waals surface area (Å²) in [6.45, 7) is 0.423. The normalized spacial score (nSPS) is 26.5. The van der Waals surface area contributed by atoms with Crippen molar-refractivity contribution in [2.75, 3.05) is 24.2 Å². The van der Waals surface area contributed by atoms with Crippen LogP contribution in [-0.4, -0.2) is 60.7 Å². The summed E-state index contributed by atoms with van der Waals surface area (Å²) < 4.78 is 77.5. The van der Waals surface area contributed by atoms with Gasteiger partial charge in [-0.1, -0.05) is 11.8 Å². The number of piperazine rings is 1. The molecule has 2 aliphatic rings. The van der Waals surface area contributed by atoms with Gasteiger partial charge in [0.05, 0.1) is 35.4 Å². The number of alkyl halides is 3. The summed E-state index contributed by atoms with van der Waals surface area (Å²) in [5.74, 6) is 1.63. The van der Waals surface area contributed by atoms with E-state index in [0.29, 0.717) is 12.8 Å². The molecule has 3 heterocycles. The molecule has 2 saturated heterocycles. The Hall–Kier alpha value is -2.23. The zero-order valence-electron chi connectivity index (χ0n) is 14.4. The summed E-state index contributed by atoms with van der Waals surface area (Å²) >= 11 is 0. The van der Waals surface area contributed by atoms with Gasteiger partial charge in [0.25, 0.3) is 0 Å². The number of carbonyl (C=O) groups is 1. The Labute approximate surface area is 158 Å². The van der Waals surface area contributed by atoms with E-state index in [9.17, 15) is 30.8 Å². The van der Waals surface area contributed by atoms with Crippen molar-refractivity contribution in [3.8, 4) is 11.8 Å². The van der Waals surface area contributed by atoms with Gasteiger partial charge in [-0.25, -0.2) is 12.8 Å². The number of pyridine rings is 1. The first kappa shape index (κ1) is 20.5. The number of halogens is 4. The number of rotatable bonds is 1. The highest BCUT2D eigenvalue weighted by Crippen LogP contribution is 2.23. The molecule has 0 aromatic carbocycles. The number of anilines is 1. The molecule has 2 fully saturated rings. The molecule has 2 bridgehead atoms. The van der Waals surface area contributed by atoms with Gasteiger partial charge in [0, 0.05) is 19.1 Å². The van der Waals surface area contributed by atoms with Crippen LogP contribution in [0.5, 0.6) is 0 Å². The molecule has 0 spiro atoms. The number of aromatic nitrogens is 1. The van der Waals surface area contributed by atoms with Crippen molar-refractivity contribution < 1.29 is 30.8 Å². The summed E-state index contributed by atoms with van der Waals surface area (Å²) in [6, 6.07) is -0.812. The fourth-order valence-electron chi connectivity index (χ4n) is 3.05. The molecule has 152 valence electrons. The van der Waals surface area contributed by atoms with Crippen molar-refractivity contribution in [2.45, 2.75) is 31.1 Å². The van der Waals surface area contributed by atoms with E-state index in [1.165, 1.54) is 9.62 Å². The van der Waals surface area contributed by atoms with Crippen molar-refractivity contribution in [1.82, 2.24) is 14.6 Å². The Morgan fingerprint density at radius 2 is 2.11 bits per heavy atom. The van der Waals surface area contributed by atoms with E-state index in [-0.39, 0.29) is 24.9 Å². The average Bonchev–Trinajstić information content (AvgIpc) is 2.71. The third kappa shape index (κ3) is 4.43. The standard InChI is InChI=1S/C16H16F4N4O3S/c17-13-7-21-8-14(23-15(25)16(18,19)20)12(13)4-3-11-6-22-10-2-1-5-28(26,27)24(11)9-10/h7-8,10-11,22H,1-2,5-6,9H2,(H,23,25). The van der Waals surface area contributed by atoms with Gasteiger partial charge < -0.3 is 10.6 Å². The Kier molecular flexibility index (Phi) is 5.60. The van der Waals surface area contributed by atoms with Crippen molar-refractivity contribution in [3.05, 3.63) is 23.8 Å². The van der Waals surface area contributed by atoms with E-state index in [4.69, 9.17) is 0 Å². The van der Waals surface area contributed by atoms with E-state index >= 15 is 0 Å². The molecule has 2 N–H and O–H groups in total. The number of fused-ring (bicyclic) bond motifs is 2. The zero-order valence-corrected chi connectivity index (χ0v) is 15.2. The number of hydrogen-bond acceptors (Lipinski definition) is 5. The van der Waals surface area contributed by atoms with Gasteiger partial charge in [-0.2, -0.15) is 17.5 Å². The highest BCUT2D eigenvalue weighted by molar-refractivity contribution is 7.89. The van der Waals surface area contributed by atoms with Crippen LogP contribution >= 0.6 is 0 Å². The molecule has 0 aliphatic carbocycles. The Balaban J connectivity index is 1.90. The first-order valence-electron chi connectivity index (χ1n) is 8.34. The van der Waals surface area contributed by atoms with Crippen molar-refractivity contribution in [3.63, 3.8) is 0 Å². The predicted octanol–water partition coefficient (Wildman–Crippen LogP) is 0.839. The molecule has 3 atom stereocenters. The summed E-state index contributed by atoms with van der Waals surface area (Å²) in [6.07, 6.45) is -2.38. The zero-order chi connectivity index (χ0) is 20.5. The number of amides is 1. The number of carbonyl (C=O) groups excluding carboxylic acids is 1. The maximum absolute atomic E-state index is 14.1. The van der Waals surface area contributed by atoms with Crippen LogP contribution in [0.15, 0.2) is 12.4 Å². The largest absolute Gasteiger partial charge is 0.471 e. The minimum Gasteiger partial charge on any atom is -0.316 e. The van der Waals surface area contributed by atoms with Crippen molar-refractivity contribution in [1.29, 1.82) is 0 Å². The Morgan fingerprint density at radius 1 is 1.36 bits per heavy atom. The molecule has 0 saturated carbocycles. The van der Waals surface area contributed by atoms with Crippen molar-refractivity contribution in [2.24, 2.45) is 0 Å². The lowest BCUT2D eigenvalue weighted by Gasteiger charge is -2.34. The lowest BCUT2D eigenvalue weighted by Crippen LogP contribution is -2.56. The predicted molar refractivity (Wildman–Crippen MR) is 91.1 cm³/mol. The summed E-state index contributed by atoms with van der Waals surface area (Å²) in [7, 11) is -3.54. The minimum absolute atomic E-state index is 0.00498. The van der Waals surface area contributed by atoms with Gasteiger partial charge in [-0.15, -0.1) is 0 Å². The second-order valence-corrected chi connectivity index (χ2v) is 8.46. The smallest absolute Gasteiger partial charge is 0.316 e. The molecular weight excluding hydrogens is 404 g/mol. The highest BCUT2D eigenvalue weighted by Gasteiger charge is 2.39. The van der Waals surface area contributed by atoms with Gasteiger partial charge in [-0.3, -0.25) is 9.78 Å². The second kappa shape index (κ2) is 7.65. The number of nitrogens with one attached hydrogen (secondary N) is 2.